The van der Waals surface area contributed by atoms with Crippen LogP contribution in [0.1, 0.15) is 20.8 Å². The van der Waals surface area contributed by atoms with Crippen molar-refractivity contribution in [2.45, 2.75) is 26.3 Å². The molecule has 42 valence electrons. The molecule has 0 aliphatic carbocycles. The number of hydrogen-bond donors (Lipinski definition) is 0. The van der Waals surface area contributed by atoms with E-state index in [1.54, 1.807) is 0 Å². The van der Waals surface area contributed by atoms with E-state index in [2.05, 4.69) is 6.58 Å². The zero-order valence-electron chi connectivity index (χ0n) is 5.21. The third-order valence-electron chi connectivity index (χ3n) is 1.07. The summed E-state index contributed by atoms with van der Waals surface area (Å²) in [6, 6.07) is 0. The summed E-state index contributed by atoms with van der Waals surface area (Å²) in [5.41, 5.74) is 7.75. The summed E-state index contributed by atoms with van der Waals surface area (Å²) in [7, 11) is 0. The molecule has 7 heavy (non-hydrogen) atoms. The monoisotopic (exact) mass is 98.1 g/mol. The Hall–Kier alpha value is -0.300. The predicted octanol–water partition coefficient (Wildman–Crippen LogP) is 2.39. The van der Waals surface area contributed by atoms with E-state index >= 15 is 0 Å². The molecular formula is C6H12N-. The molecular weight excluding hydrogens is 86.1 g/mol. The summed E-state index contributed by atoms with van der Waals surface area (Å²) in [5.74, 6) is 0. The molecule has 0 amide bonds. The Kier molecular flexibility index (Phi) is 1.59. The van der Waals surface area contributed by atoms with Crippen LogP contribution in [0.5, 0.6) is 0 Å². The zero-order valence-corrected chi connectivity index (χ0v) is 5.21. The highest BCUT2D eigenvalue weighted by Gasteiger charge is 1.99. The van der Waals surface area contributed by atoms with E-state index in [9.17, 15) is 0 Å². The maximum atomic E-state index is 7.29. The summed E-state index contributed by atoms with van der Waals surface area (Å²) in [4.78, 5) is 0. The van der Waals surface area contributed by atoms with Crippen LogP contribution in [0, 0.1) is 0 Å². The molecule has 1 heteroatoms. The number of hydrogen-bond acceptors (Lipinski definition) is 0. The van der Waals surface area contributed by atoms with Crippen molar-refractivity contribution in [3.63, 3.8) is 0 Å². The fourth-order valence-corrected chi connectivity index (χ4v) is 0. The summed E-state index contributed by atoms with van der Waals surface area (Å²) in [6.45, 7) is 9.16. The standard InChI is InChI=1S/C6H12N/c1-5(2)6(3,4)7/h7H,1H2,2-4H3/q-1. The first kappa shape index (κ1) is 6.70. The lowest BCUT2D eigenvalue weighted by molar-refractivity contribution is 0.732. The maximum Gasteiger partial charge on any atom is -0.0454 e. The van der Waals surface area contributed by atoms with Crippen LogP contribution < -0.4 is 0 Å². The van der Waals surface area contributed by atoms with E-state index < -0.39 is 5.54 Å². The molecule has 0 aromatic carbocycles. The molecule has 0 heterocycles. The molecule has 0 rings (SSSR count). The molecule has 0 unspecified atom stereocenters. The third-order valence-corrected chi connectivity index (χ3v) is 1.07. The van der Waals surface area contributed by atoms with E-state index in [-0.39, 0.29) is 0 Å². The van der Waals surface area contributed by atoms with Gasteiger partial charge in [0.25, 0.3) is 0 Å². The van der Waals surface area contributed by atoms with Gasteiger partial charge in [0.15, 0.2) is 0 Å². The molecule has 0 atom stereocenters. The Labute approximate surface area is 45.2 Å². The van der Waals surface area contributed by atoms with E-state index in [1.807, 2.05) is 20.8 Å². The van der Waals surface area contributed by atoms with Crippen molar-refractivity contribution < 1.29 is 0 Å². The lowest BCUT2D eigenvalue weighted by Gasteiger charge is -2.29. The summed E-state index contributed by atoms with van der Waals surface area (Å²) >= 11 is 0. The van der Waals surface area contributed by atoms with Gasteiger partial charge < -0.3 is 5.73 Å². The van der Waals surface area contributed by atoms with Crippen molar-refractivity contribution in [1.82, 2.24) is 0 Å². The summed E-state index contributed by atoms with van der Waals surface area (Å²) in [6.07, 6.45) is 0. The average Bonchev–Trinajstić information content (AvgIpc) is 1.31. The molecule has 0 fully saturated rings. The van der Waals surface area contributed by atoms with Gasteiger partial charge in [0.2, 0.25) is 0 Å². The van der Waals surface area contributed by atoms with Crippen LogP contribution in [0.2, 0.25) is 0 Å². The topological polar surface area (TPSA) is 23.8 Å². The van der Waals surface area contributed by atoms with Crippen LogP contribution in [0.25, 0.3) is 5.73 Å². The first-order valence-electron chi connectivity index (χ1n) is 2.35. The van der Waals surface area contributed by atoms with Gasteiger partial charge in [-0.2, -0.15) is 0 Å². The van der Waals surface area contributed by atoms with Gasteiger partial charge in [0, 0.05) is 0 Å². The second-order valence-electron chi connectivity index (χ2n) is 2.41. The second kappa shape index (κ2) is 1.66. The molecule has 0 aliphatic heterocycles. The Morgan fingerprint density at radius 3 is 1.71 bits per heavy atom. The Morgan fingerprint density at radius 1 is 1.57 bits per heavy atom. The van der Waals surface area contributed by atoms with E-state index in [1.165, 1.54) is 0 Å². The SMILES string of the molecule is C=C(C)C(C)(C)[NH-]. The second-order valence-corrected chi connectivity index (χ2v) is 2.41. The average molecular weight is 98.2 g/mol. The molecule has 0 bridgehead atoms. The minimum absolute atomic E-state index is 0.444. The van der Waals surface area contributed by atoms with Crippen molar-refractivity contribution in [1.29, 1.82) is 0 Å². The summed E-state index contributed by atoms with van der Waals surface area (Å²) in [5, 5.41) is 0. The normalized spacial score (nSPS) is 11.4. The summed E-state index contributed by atoms with van der Waals surface area (Å²) < 4.78 is 0. The van der Waals surface area contributed by atoms with Crippen molar-refractivity contribution in [3.05, 3.63) is 17.9 Å². The largest absolute Gasteiger partial charge is 0.669 e. The third kappa shape index (κ3) is 2.40. The molecule has 0 saturated heterocycles. The number of rotatable bonds is 1. The van der Waals surface area contributed by atoms with Crippen LogP contribution in [-0.2, 0) is 0 Å². The molecule has 0 aliphatic rings. The van der Waals surface area contributed by atoms with Gasteiger partial charge in [-0.15, -0.1) is 12.1 Å². The van der Waals surface area contributed by atoms with Crippen LogP contribution in [-0.4, -0.2) is 5.54 Å². The van der Waals surface area contributed by atoms with Crippen LogP contribution in [0.3, 0.4) is 0 Å². The lowest BCUT2D eigenvalue weighted by Crippen LogP contribution is -2.12. The van der Waals surface area contributed by atoms with Crippen LogP contribution in [0.15, 0.2) is 12.2 Å². The van der Waals surface area contributed by atoms with Gasteiger partial charge >= 0.3 is 0 Å². The van der Waals surface area contributed by atoms with Gasteiger partial charge in [-0.05, 0) is 6.92 Å². The fourth-order valence-electron chi connectivity index (χ4n) is 0. The van der Waals surface area contributed by atoms with E-state index in [0.29, 0.717) is 0 Å². The zero-order chi connectivity index (χ0) is 6.08. The molecule has 0 saturated carbocycles. The van der Waals surface area contributed by atoms with Gasteiger partial charge in [0.05, 0.1) is 0 Å². The van der Waals surface area contributed by atoms with Crippen LogP contribution >= 0.6 is 0 Å². The molecule has 0 aromatic rings. The van der Waals surface area contributed by atoms with Crippen LogP contribution in [0.4, 0.5) is 0 Å². The van der Waals surface area contributed by atoms with Gasteiger partial charge in [0.1, 0.15) is 0 Å². The first-order valence-corrected chi connectivity index (χ1v) is 2.35. The molecule has 1 N–H and O–H groups in total. The Bertz CT molecular complexity index is 76.7. The Balaban J connectivity index is 3.79. The molecule has 0 aromatic heterocycles. The highest BCUT2D eigenvalue weighted by molar-refractivity contribution is 5.13. The Morgan fingerprint density at radius 2 is 1.71 bits per heavy atom. The highest BCUT2D eigenvalue weighted by atomic mass is 14.7. The van der Waals surface area contributed by atoms with Crippen molar-refractivity contribution in [2.24, 2.45) is 0 Å². The van der Waals surface area contributed by atoms with Gasteiger partial charge in [-0.1, -0.05) is 19.4 Å². The first-order chi connectivity index (χ1) is 2.94. The van der Waals surface area contributed by atoms with E-state index in [0.717, 1.165) is 5.57 Å². The molecule has 0 radical (unpaired) electrons. The minimum Gasteiger partial charge on any atom is -0.669 e. The smallest absolute Gasteiger partial charge is 0.0454 e. The van der Waals surface area contributed by atoms with Crippen molar-refractivity contribution in [2.75, 3.05) is 0 Å². The van der Waals surface area contributed by atoms with E-state index in [4.69, 9.17) is 5.73 Å². The highest BCUT2D eigenvalue weighted by Crippen LogP contribution is 2.15. The van der Waals surface area contributed by atoms with Crippen molar-refractivity contribution >= 4 is 0 Å². The number of nitrogens with one attached hydrogen (secondary N) is 1. The molecule has 1 nitrogen and oxygen atoms in total. The van der Waals surface area contributed by atoms with Gasteiger partial charge in [-0.25, -0.2) is 0 Å². The van der Waals surface area contributed by atoms with Crippen molar-refractivity contribution in [3.8, 4) is 0 Å². The minimum atomic E-state index is -0.444. The predicted molar refractivity (Wildman–Crippen MR) is 33.2 cm³/mol. The maximum absolute atomic E-state index is 7.29. The molecule has 0 spiro atoms. The lowest BCUT2D eigenvalue weighted by atomic mass is 9.99. The fraction of sp³-hybridized carbons (Fsp3) is 0.667. The quantitative estimate of drug-likeness (QED) is 0.450. The van der Waals surface area contributed by atoms with Gasteiger partial charge in [-0.3, -0.25) is 0 Å².